The Hall–Kier alpha value is -3.40. The maximum absolute atomic E-state index is 13.1. The number of nitrogens with zero attached hydrogens (tertiary/aromatic N) is 1. The first-order valence-electron chi connectivity index (χ1n) is 9.35. The van der Waals surface area contributed by atoms with Crippen molar-refractivity contribution in [1.82, 2.24) is 9.88 Å². The van der Waals surface area contributed by atoms with Crippen LogP contribution in [0.25, 0.3) is 5.69 Å². The zero-order valence-corrected chi connectivity index (χ0v) is 17.9. The Kier molecular flexibility index (Phi) is 6.27. The number of carbonyl (C=O) groups is 1. The Balaban J connectivity index is 1.91. The largest absolute Gasteiger partial charge is 0.416 e. The quantitative estimate of drug-likeness (QED) is 0.627. The molecule has 0 aliphatic rings. The lowest BCUT2D eigenvalue weighted by atomic mass is 10.1. The number of amides is 1. The lowest BCUT2D eigenvalue weighted by Gasteiger charge is -2.14. The first-order valence-corrected chi connectivity index (χ1v) is 11.2. The van der Waals surface area contributed by atoms with Gasteiger partial charge >= 0.3 is 6.18 Å². The normalized spacial score (nSPS) is 11.9. The van der Waals surface area contributed by atoms with Gasteiger partial charge in [-0.25, -0.2) is 8.42 Å². The van der Waals surface area contributed by atoms with Gasteiger partial charge in [-0.3, -0.25) is 14.2 Å². The number of benzene rings is 2. The van der Waals surface area contributed by atoms with Crippen molar-refractivity contribution in [3.8, 4) is 5.69 Å². The third-order valence-electron chi connectivity index (χ3n) is 4.73. The van der Waals surface area contributed by atoms with Crippen molar-refractivity contribution in [2.45, 2.75) is 24.5 Å². The molecule has 168 valence electrons. The lowest BCUT2D eigenvalue weighted by molar-refractivity contribution is -0.137. The average Bonchev–Trinajstić information content (AvgIpc) is 2.71. The van der Waals surface area contributed by atoms with Crippen molar-refractivity contribution in [1.29, 1.82) is 0 Å². The topological polar surface area (TPSA) is 85.2 Å². The SMILES string of the molecule is Cc1ccc(C(=O)NCc2cccc(S(C)(=O)=O)c2)c(=O)n1-c1cccc(C(F)(F)F)c1. The van der Waals surface area contributed by atoms with Gasteiger partial charge in [-0.1, -0.05) is 18.2 Å². The van der Waals surface area contributed by atoms with E-state index in [1.54, 1.807) is 13.0 Å². The summed E-state index contributed by atoms with van der Waals surface area (Å²) in [5.74, 6) is -0.736. The van der Waals surface area contributed by atoms with Crippen molar-refractivity contribution in [3.05, 3.63) is 93.4 Å². The minimum absolute atomic E-state index is 0.0159. The molecule has 1 N–H and O–H groups in total. The van der Waals surface area contributed by atoms with Crippen LogP contribution >= 0.6 is 0 Å². The summed E-state index contributed by atoms with van der Waals surface area (Å²) >= 11 is 0. The van der Waals surface area contributed by atoms with Crippen molar-refractivity contribution in [2.24, 2.45) is 0 Å². The van der Waals surface area contributed by atoms with Gasteiger partial charge in [0.1, 0.15) is 5.56 Å². The fourth-order valence-corrected chi connectivity index (χ4v) is 3.80. The molecule has 1 aromatic heterocycles. The molecule has 32 heavy (non-hydrogen) atoms. The molecule has 3 aromatic rings. The Morgan fingerprint density at radius 3 is 2.38 bits per heavy atom. The molecule has 0 fully saturated rings. The molecule has 1 heterocycles. The van der Waals surface area contributed by atoms with E-state index in [-0.39, 0.29) is 22.7 Å². The van der Waals surface area contributed by atoms with Gasteiger partial charge in [-0.15, -0.1) is 0 Å². The van der Waals surface area contributed by atoms with Crippen LogP contribution in [0.5, 0.6) is 0 Å². The summed E-state index contributed by atoms with van der Waals surface area (Å²) in [7, 11) is -3.42. The van der Waals surface area contributed by atoms with Crippen molar-refractivity contribution in [2.75, 3.05) is 6.26 Å². The predicted molar refractivity (Wildman–Crippen MR) is 113 cm³/mol. The fraction of sp³-hybridized carbons (Fsp3) is 0.182. The Bertz CT molecular complexity index is 1350. The van der Waals surface area contributed by atoms with Crippen LogP contribution in [0.3, 0.4) is 0 Å². The smallest absolute Gasteiger partial charge is 0.348 e. The van der Waals surface area contributed by atoms with Gasteiger partial charge in [0.05, 0.1) is 10.5 Å². The van der Waals surface area contributed by atoms with Crippen molar-refractivity contribution < 1.29 is 26.4 Å². The highest BCUT2D eigenvalue weighted by Gasteiger charge is 2.30. The number of halogens is 3. The molecule has 0 saturated heterocycles. The number of sulfone groups is 1. The maximum atomic E-state index is 13.1. The van der Waals surface area contributed by atoms with Crippen LogP contribution in [0.2, 0.25) is 0 Å². The van der Waals surface area contributed by atoms with Crippen LogP contribution < -0.4 is 10.9 Å². The standard InChI is InChI=1S/C22H19F3N2O4S/c1-14-9-10-19(20(28)26-13-15-5-3-8-18(11-15)32(2,30)31)21(29)27(14)17-7-4-6-16(12-17)22(23,24)25/h3-12H,13H2,1-2H3,(H,26,28). The zero-order chi connectivity index (χ0) is 23.7. The molecule has 0 radical (unpaired) electrons. The number of nitrogens with one attached hydrogen (secondary N) is 1. The molecule has 10 heteroatoms. The predicted octanol–water partition coefficient (Wildman–Crippen LogP) is 3.50. The van der Waals surface area contributed by atoms with Gasteiger partial charge in [0, 0.05) is 24.2 Å². The molecule has 0 aliphatic heterocycles. The third-order valence-corrected chi connectivity index (χ3v) is 5.84. The zero-order valence-electron chi connectivity index (χ0n) is 17.1. The number of hydrogen-bond donors (Lipinski definition) is 1. The number of aryl methyl sites for hydroxylation is 1. The second kappa shape index (κ2) is 8.62. The highest BCUT2D eigenvalue weighted by molar-refractivity contribution is 7.90. The Morgan fingerprint density at radius 2 is 1.72 bits per heavy atom. The lowest BCUT2D eigenvalue weighted by Crippen LogP contribution is -2.33. The number of rotatable bonds is 5. The summed E-state index contributed by atoms with van der Waals surface area (Å²) in [6, 6.07) is 13.0. The van der Waals surface area contributed by atoms with E-state index in [1.165, 1.54) is 42.5 Å². The Labute approximate surface area is 182 Å². The van der Waals surface area contributed by atoms with Crippen LogP contribution in [-0.2, 0) is 22.6 Å². The van der Waals surface area contributed by atoms with Gasteiger partial charge in [-0.2, -0.15) is 13.2 Å². The van der Waals surface area contributed by atoms with Crippen LogP contribution in [0.15, 0.2) is 70.4 Å². The van der Waals surface area contributed by atoms with E-state index >= 15 is 0 Å². The molecule has 0 atom stereocenters. The van der Waals surface area contributed by atoms with Crippen molar-refractivity contribution >= 4 is 15.7 Å². The molecule has 1 amide bonds. The number of alkyl halides is 3. The highest BCUT2D eigenvalue weighted by Crippen LogP contribution is 2.30. The summed E-state index contributed by atoms with van der Waals surface area (Å²) in [6.45, 7) is 1.50. The van der Waals surface area contributed by atoms with E-state index in [1.807, 2.05) is 0 Å². The van der Waals surface area contributed by atoms with E-state index in [0.717, 1.165) is 23.0 Å². The molecule has 0 spiro atoms. The summed E-state index contributed by atoms with van der Waals surface area (Å²) in [5.41, 5.74) is -1.10. The summed E-state index contributed by atoms with van der Waals surface area (Å²) in [5, 5.41) is 2.54. The molecule has 0 saturated carbocycles. The molecule has 0 bridgehead atoms. The molecular weight excluding hydrogens is 445 g/mol. The second-order valence-corrected chi connectivity index (χ2v) is 9.20. The van der Waals surface area contributed by atoms with Gasteiger partial charge in [0.15, 0.2) is 9.84 Å². The molecule has 6 nitrogen and oxygen atoms in total. The summed E-state index contributed by atoms with van der Waals surface area (Å²) in [4.78, 5) is 25.6. The number of pyridine rings is 1. The van der Waals surface area contributed by atoms with Gasteiger partial charge in [-0.05, 0) is 55.0 Å². The Morgan fingerprint density at radius 1 is 1.03 bits per heavy atom. The van der Waals surface area contributed by atoms with Gasteiger partial charge < -0.3 is 5.32 Å². The van der Waals surface area contributed by atoms with Crippen LogP contribution in [0.1, 0.15) is 27.2 Å². The molecular formula is C22H19F3N2O4S. The highest BCUT2D eigenvalue weighted by atomic mass is 32.2. The van der Waals surface area contributed by atoms with Crippen LogP contribution in [0.4, 0.5) is 13.2 Å². The number of hydrogen-bond acceptors (Lipinski definition) is 4. The van der Waals surface area contributed by atoms with Crippen LogP contribution in [-0.4, -0.2) is 25.1 Å². The molecule has 0 aliphatic carbocycles. The minimum atomic E-state index is -4.58. The number of aromatic nitrogens is 1. The van der Waals surface area contributed by atoms with Gasteiger partial charge in [0.25, 0.3) is 11.5 Å². The molecule has 0 unspecified atom stereocenters. The molecule has 3 rings (SSSR count). The summed E-state index contributed by atoms with van der Waals surface area (Å²) in [6.07, 6.45) is -3.52. The fourth-order valence-electron chi connectivity index (χ4n) is 3.11. The van der Waals surface area contributed by atoms with E-state index in [4.69, 9.17) is 0 Å². The molecule has 2 aromatic carbocycles. The van der Waals surface area contributed by atoms with Crippen LogP contribution in [0, 0.1) is 6.92 Å². The average molecular weight is 464 g/mol. The maximum Gasteiger partial charge on any atom is 0.416 e. The first kappa shape index (κ1) is 23.3. The third kappa shape index (κ3) is 5.08. The first-order chi connectivity index (χ1) is 14.9. The summed E-state index contributed by atoms with van der Waals surface area (Å²) < 4.78 is 63.6. The number of carbonyl (C=O) groups excluding carboxylic acids is 1. The second-order valence-electron chi connectivity index (χ2n) is 7.18. The minimum Gasteiger partial charge on any atom is -0.348 e. The monoisotopic (exact) mass is 464 g/mol. The van der Waals surface area contributed by atoms with Crippen molar-refractivity contribution in [3.63, 3.8) is 0 Å². The van der Waals surface area contributed by atoms with E-state index in [9.17, 15) is 31.2 Å². The van der Waals surface area contributed by atoms with E-state index in [2.05, 4.69) is 5.32 Å². The van der Waals surface area contributed by atoms with Gasteiger partial charge in [0.2, 0.25) is 0 Å². The van der Waals surface area contributed by atoms with E-state index in [0.29, 0.717) is 11.3 Å². The van der Waals surface area contributed by atoms with E-state index < -0.39 is 33.0 Å².